The highest BCUT2D eigenvalue weighted by atomic mass is 16.5. The first kappa shape index (κ1) is 17.3. The second kappa shape index (κ2) is 7.23. The summed E-state index contributed by atoms with van der Waals surface area (Å²) in [6.45, 7) is 7.71. The molecule has 5 rings (SSSR count). The van der Waals surface area contributed by atoms with E-state index in [9.17, 15) is 4.79 Å². The van der Waals surface area contributed by atoms with Crippen LogP contribution in [0.5, 0.6) is 0 Å². The maximum absolute atomic E-state index is 13.0. The van der Waals surface area contributed by atoms with Gasteiger partial charge in [-0.2, -0.15) is 0 Å². The molecule has 1 amide bonds. The van der Waals surface area contributed by atoms with Gasteiger partial charge in [-0.25, -0.2) is 0 Å². The first-order valence-corrected chi connectivity index (χ1v) is 9.57. The monoisotopic (exact) mass is 353 g/mol. The summed E-state index contributed by atoms with van der Waals surface area (Å²) in [5.74, 6) is 1.56. The van der Waals surface area contributed by atoms with Crippen LogP contribution in [0.4, 0.5) is 0 Å². The summed E-state index contributed by atoms with van der Waals surface area (Å²) < 4.78 is 5.22. The van der Waals surface area contributed by atoms with Gasteiger partial charge in [0.05, 0.1) is 12.1 Å². The van der Waals surface area contributed by atoms with Crippen molar-refractivity contribution < 1.29 is 9.32 Å². The number of rotatable bonds is 4. The van der Waals surface area contributed by atoms with Gasteiger partial charge in [0.15, 0.2) is 0 Å². The Labute approximate surface area is 155 Å². The number of aryl methyl sites for hydroxylation is 2. The third kappa shape index (κ3) is 3.54. The molecule has 3 aliphatic heterocycles. The fraction of sp³-hybridized carbons (Fsp3) is 0.524. The molecule has 0 aliphatic carbocycles. The highest BCUT2D eigenvalue weighted by Gasteiger charge is 2.37. The Morgan fingerprint density at radius 2 is 1.96 bits per heavy atom. The molecule has 0 N–H and O–H groups in total. The van der Waals surface area contributed by atoms with Crippen LogP contribution in [0.25, 0.3) is 0 Å². The van der Waals surface area contributed by atoms with Crippen LogP contribution in [0.15, 0.2) is 34.9 Å². The highest BCUT2D eigenvalue weighted by molar-refractivity contribution is 5.79. The van der Waals surface area contributed by atoms with E-state index in [-0.39, 0.29) is 5.91 Å². The molecule has 4 heterocycles. The van der Waals surface area contributed by atoms with Crippen LogP contribution in [-0.2, 0) is 17.8 Å². The lowest BCUT2D eigenvalue weighted by Crippen LogP contribution is -2.48. The fourth-order valence-corrected chi connectivity index (χ4v) is 4.46. The number of carbonyl (C=O) groups excluding carboxylic acids is 1. The molecular formula is C21H27N3O2. The summed E-state index contributed by atoms with van der Waals surface area (Å²) in [6, 6.07) is 11.0. The summed E-state index contributed by atoms with van der Waals surface area (Å²) >= 11 is 0. The van der Waals surface area contributed by atoms with Crippen LogP contribution < -0.4 is 0 Å². The quantitative estimate of drug-likeness (QED) is 0.848. The number of fused-ring (bicyclic) bond motifs is 4. The topological polar surface area (TPSA) is 49.6 Å². The average Bonchev–Trinajstić information content (AvgIpc) is 2.82. The standard InChI is InChI=1S/C21H27N3O2/c1-15-20(16(2)26-22-15)10-21(25)24-13-18-8-9-19(24)14-23(12-18)11-17-6-4-3-5-7-17/h3-7,18-19H,8-14H2,1-2H3/t18-,19+/m0/s1. The van der Waals surface area contributed by atoms with Crippen molar-refractivity contribution in [3.05, 3.63) is 52.9 Å². The predicted molar refractivity (Wildman–Crippen MR) is 99.6 cm³/mol. The van der Waals surface area contributed by atoms with Gasteiger partial charge in [-0.05, 0) is 38.2 Å². The van der Waals surface area contributed by atoms with Gasteiger partial charge in [0.25, 0.3) is 0 Å². The summed E-state index contributed by atoms with van der Waals surface area (Å²) in [4.78, 5) is 17.7. The lowest BCUT2D eigenvalue weighted by molar-refractivity contribution is -0.134. The predicted octanol–water partition coefficient (Wildman–Crippen LogP) is 2.96. The molecule has 3 fully saturated rings. The Balaban J connectivity index is 1.45. The molecule has 5 nitrogen and oxygen atoms in total. The van der Waals surface area contributed by atoms with E-state index in [0.717, 1.165) is 49.6 Å². The Kier molecular flexibility index (Phi) is 4.81. The molecule has 3 aliphatic rings. The third-order valence-electron chi connectivity index (χ3n) is 5.87. The van der Waals surface area contributed by atoms with Crippen molar-refractivity contribution in [2.75, 3.05) is 19.6 Å². The minimum atomic E-state index is 0.218. The molecule has 138 valence electrons. The molecule has 0 radical (unpaired) electrons. The van der Waals surface area contributed by atoms with Crippen molar-refractivity contribution in [2.45, 2.75) is 45.7 Å². The zero-order valence-corrected chi connectivity index (χ0v) is 15.6. The number of carbonyl (C=O) groups is 1. The van der Waals surface area contributed by atoms with Gasteiger partial charge in [-0.1, -0.05) is 35.5 Å². The van der Waals surface area contributed by atoms with E-state index in [1.807, 2.05) is 13.8 Å². The molecule has 2 bridgehead atoms. The van der Waals surface area contributed by atoms with Gasteiger partial charge in [0.1, 0.15) is 5.76 Å². The fourth-order valence-electron chi connectivity index (χ4n) is 4.46. The number of hydrogen-bond donors (Lipinski definition) is 0. The first-order chi connectivity index (χ1) is 12.6. The maximum atomic E-state index is 13.0. The number of benzene rings is 1. The number of nitrogens with zero attached hydrogens (tertiary/aromatic N) is 3. The number of aromatic nitrogens is 1. The van der Waals surface area contributed by atoms with Gasteiger partial charge in [0, 0.05) is 37.8 Å². The number of piperidine rings is 1. The molecular weight excluding hydrogens is 326 g/mol. The molecule has 0 saturated carbocycles. The van der Waals surface area contributed by atoms with Crippen LogP contribution in [-0.4, -0.2) is 46.5 Å². The summed E-state index contributed by atoms with van der Waals surface area (Å²) in [5, 5.41) is 3.99. The van der Waals surface area contributed by atoms with E-state index in [1.54, 1.807) is 0 Å². The minimum absolute atomic E-state index is 0.218. The van der Waals surface area contributed by atoms with E-state index >= 15 is 0 Å². The molecule has 2 aromatic rings. The van der Waals surface area contributed by atoms with Crippen molar-refractivity contribution in [2.24, 2.45) is 5.92 Å². The molecule has 0 spiro atoms. The van der Waals surface area contributed by atoms with Crippen molar-refractivity contribution >= 4 is 5.91 Å². The van der Waals surface area contributed by atoms with Crippen LogP contribution in [0, 0.1) is 19.8 Å². The van der Waals surface area contributed by atoms with Gasteiger partial charge < -0.3 is 9.42 Å². The smallest absolute Gasteiger partial charge is 0.227 e. The summed E-state index contributed by atoms with van der Waals surface area (Å²) in [6.07, 6.45) is 2.75. The largest absolute Gasteiger partial charge is 0.361 e. The average molecular weight is 353 g/mol. The molecule has 1 aromatic carbocycles. The summed E-state index contributed by atoms with van der Waals surface area (Å²) in [5.41, 5.74) is 3.14. The molecule has 1 aromatic heterocycles. The van der Waals surface area contributed by atoms with Gasteiger partial charge in [-0.15, -0.1) is 0 Å². The third-order valence-corrected chi connectivity index (χ3v) is 5.87. The van der Waals surface area contributed by atoms with Crippen molar-refractivity contribution in [1.29, 1.82) is 0 Å². The Bertz CT molecular complexity index is 751. The molecule has 2 atom stereocenters. The second-order valence-corrected chi connectivity index (χ2v) is 7.80. The molecule has 26 heavy (non-hydrogen) atoms. The normalized spacial score (nSPS) is 23.2. The number of hydrogen-bond acceptors (Lipinski definition) is 4. The lowest BCUT2D eigenvalue weighted by Gasteiger charge is -2.36. The van der Waals surface area contributed by atoms with Gasteiger partial charge in [-0.3, -0.25) is 9.69 Å². The van der Waals surface area contributed by atoms with Gasteiger partial charge >= 0.3 is 0 Å². The number of amides is 1. The van der Waals surface area contributed by atoms with Crippen LogP contribution in [0.1, 0.15) is 35.4 Å². The highest BCUT2D eigenvalue weighted by Crippen LogP contribution is 2.29. The van der Waals surface area contributed by atoms with E-state index in [4.69, 9.17) is 4.52 Å². The zero-order chi connectivity index (χ0) is 18.1. The summed E-state index contributed by atoms with van der Waals surface area (Å²) in [7, 11) is 0. The van der Waals surface area contributed by atoms with Crippen LogP contribution in [0.2, 0.25) is 0 Å². The molecule has 0 unspecified atom stereocenters. The first-order valence-electron chi connectivity index (χ1n) is 9.57. The molecule has 3 saturated heterocycles. The Hall–Kier alpha value is -2.14. The van der Waals surface area contributed by atoms with Crippen molar-refractivity contribution in [1.82, 2.24) is 15.0 Å². The Morgan fingerprint density at radius 3 is 2.69 bits per heavy atom. The minimum Gasteiger partial charge on any atom is -0.361 e. The van der Waals surface area contributed by atoms with Gasteiger partial charge in [0.2, 0.25) is 5.91 Å². The SMILES string of the molecule is Cc1noc(C)c1CC(=O)N1C[C@H]2CC[C@@H]1CN(Cc1ccccc1)C2. The van der Waals surface area contributed by atoms with Crippen molar-refractivity contribution in [3.8, 4) is 0 Å². The van der Waals surface area contributed by atoms with E-state index < -0.39 is 0 Å². The maximum Gasteiger partial charge on any atom is 0.227 e. The Morgan fingerprint density at radius 1 is 1.15 bits per heavy atom. The van der Waals surface area contributed by atoms with Crippen LogP contribution in [0.3, 0.4) is 0 Å². The van der Waals surface area contributed by atoms with Crippen molar-refractivity contribution in [3.63, 3.8) is 0 Å². The molecule has 5 heteroatoms. The van der Waals surface area contributed by atoms with E-state index in [1.165, 1.54) is 12.0 Å². The van der Waals surface area contributed by atoms with E-state index in [2.05, 4.69) is 45.3 Å². The zero-order valence-electron chi connectivity index (χ0n) is 15.6. The second-order valence-electron chi connectivity index (χ2n) is 7.80. The lowest BCUT2D eigenvalue weighted by atomic mass is 9.94. The van der Waals surface area contributed by atoms with Crippen LogP contribution >= 0.6 is 0 Å². The van der Waals surface area contributed by atoms with E-state index in [0.29, 0.717) is 18.4 Å².